The topological polar surface area (TPSA) is 78.6 Å². The molecular weight excluding hydrogens is 318 g/mol. The number of likely N-dealkylation sites (tertiary alicyclic amines) is 1. The number of rotatable bonds is 6. The summed E-state index contributed by atoms with van der Waals surface area (Å²) in [7, 11) is 0. The van der Waals surface area contributed by atoms with Gasteiger partial charge in [-0.15, -0.1) is 0 Å². The minimum absolute atomic E-state index is 0.345. The van der Waals surface area contributed by atoms with Gasteiger partial charge in [0.25, 0.3) is 0 Å². The number of carboxylic acids is 1. The van der Waals surface area contributed by atoms with Crippen molar-refractivity contribution < 1.29 is 15.0 Å². The minimum atomic E-state index is -1.12. The van der Waals surface area contributed by atoms with Crippen LogP contribution in [0.25, 0.3) is 0 Å². The summed E-state index contributed by atoms with van der Waals surface area (Å²) in [4.78, 5) is 18.5. The smallest absolute Gasteiger partial charge is 0.312 e. The van der Waals surface area contributed by atoms with Crippen LogP contribution in [0.4, 0.5) is 0 Å². The molecule has 1 saturated heterocycles. The summed E-state index contributed by atoms with van der Waals surface area (Å²) in [6, 6.07) is 9.54. The Bertz CT molecular complexity index is 716. The molecule has 134 valence electrons. The number of hydrogen-bond donors (Lipinski definition) is 2. The van der Waals surface area contributed by atoms with E-state index in [1.54, 1.807) is 6.33 Å². The SMILES string of the molecule is CCn1cnc(CN2CC[C@](Cc3ccccc3)(C(=O)O)[C@@H](O)C2)c1. The molecule has 0 spiro atoms. The first kappa shape index (κ1) is 17.6. The summed E-state index contributed by atoms with van der Waals surface area (Å²) in [5.41, 5.74) is 0.764. The third kappa shape index (κ3) is 3.75. The molecule has 2 N–H and O–H groups in total. The van der Waals surface area contributed by atoms with Gasteiger partial charge in [-0.2, -0.15) is 0 Å². The highest BCUT2D eigenvalue weighted by Gasteiger charge is 2.48. The van der Waals surface area contributed by atoms with Gasteiger partial charge in [-0.05, 0) is 31.9 Å². The van der Waals surface area contributed by atoms with Crippen LogP contribution in [0, 0.1) is 5.41 Å². The van der Waals surface area contributed by atoms with Crippen LogP contribution in [0.15, 0.2) is 42.9 Å². The van der Waals surface area contributed by atoms with Crippen molar-refractivity contribution in [3.8, 4) is 0 Å². The third-order valence-corrected chi connectivity index (χ3v) is 5.17. The van der Waals surface area contributed by atoms with Crippen LogP contribution >= 0.6 is 0 Å². The second kappa shape index (κ2) is 7.37. The molecular formula is C19H25N3O3. The normalized spacial score (nSPS) is 24.3. The number of aromatic nitrogens is 2. The second-order valence-corrected chi connectivity index (χ2v) is 6.82. The lowest BCUT2D eigenvalue weighted by Crippen LogP contribution is -2.55. The monoisotopic (exact) mass is 343 g/mol. The van der Waals surface area contributed by atoms with Crippen LogP contribution in [0.1, 0.15) is 24.6 Å². The quantitative estimate of drug-likeness (QED) is 0.836. The van der Waals surface area contributed by atoms with Crippen LogP contribution in [-0.4, -0.2) is 49.8 Å². The van der Waals surface area contributed by atoms with Crippen molar-refractivity contribution in [1.82, 2.24) is 14.5 Å². The number of nitrogens with zero attached hydrogens (tertiary/aromatic N) is 3. The fourth-order valence-electron chi connectivity index (χ4n) is 3.56. The molecule has 0 saturated carbocycles. The first-order valence-electron chi connectivity index (χ1n) is 8.72. The van der Waals surface area contributed by atoms with Gasteiger partial charge in [0, 0.05) is 25.8 Å². The summed E-state index contributed by atoms with van der Waals surface area (Å²) >= 11 is 0. The lowest BCUT2D eigenvalue weighted by molar-refractivity contribution is -0.163. The van der Waals surface area contributed by atoms with Gasteiger partial charge in [0.2, 0.25) is 0 Å². The van der Waals surface area contributed by atoms with Crippen molar-refractivity contribution in [2.75, 3.05) is 13.1 Å². The molecule has 1 aliphatic heterocycles. The van der Waals surface area contributed by atoms with E-state index in [9.17, 15) is 15.0 Å². The van der Waals surface area contributed by atoms with Gasteiger partial charge >= 0.3 is 5.97 Å². The standard InChI is InChI=1S/C19H25N3O3/c1-2-21-11-16(20-14-21)12-22-9-8-19(18(24)25,17(23)13-22)10-15-6-4-3-5-7-15/h3-7,11,14,17,23H,2,8-10,12-13H2,1H3,(H,24,25)/t17-,19+/m0/s1. The van der Waals surface area contributed by atoms with Gasteiger partial charge in [0.15, 0.2) is 0 Å². The molecule has 0 aliphatic carbocycles. The zero-order valence-electron chi connectivity index (χ0n) is 14.5. The van der Waals surface area contributed by atoms with E-state index >= 15 is 0 Å². The fraction of sp³-hybridized carbons (Fsp3) is 0.474. The van der Waals surface area contributed by atoms with Crippen molar-refractivity contribution in [3.05, 3.63) is 54.1 Å². The molecule has 6 heteroatoms. The van der Waals surface area contributed by atoms with Crippen molar-refractivity contribution in [1.29, 1.82) is 0 Å². The Morgan fingerprint density at radius 1 is 1.36 bits per heavy atom. The van der Waals surface area contributed by atoms with Crippen molar-refractivity contribution in [2.45, 2.75) is 39.0 Å². The van der Waals surface area contributed by atoms with Crippen LogP contribution in [0.5, 0.6) is 0 Å². The average molecular weight is 343 g/mol. The van der Waals surface area contributed by atoms with E-state index < -0.39 is 17.5 Å². The first-order valence-corrected chi connectivity index (χ1v) is 8.72. The molecule has 1 aromatic heterocycles. The Morgan fingerprint density at radius 2 is 2.12 bits per heavy atom. The number of carbonyl (C=O) groups is 1. The fourth-order valence-corrected chi connectivity index (χ4v) is 3.56. The number of aliphatic hydroxyl groups excluding tert-OH is 1. The number of aryl methyl sites for hydroxylation is 1. The predicted molar refractivity (Wildman–Crippen MR) is 94.0 cm³/mol. The molecule has 0 bridgehead atoms. The number of aliphatic carboxylic acids is 1. The summed E-state index contributed by atoms with van der Waals surface area (Å²) in [6.45, 7) is 4.54. The summed E-state index contributed by atoms with van der Waals surface area (Å²) in [5, 5.41) is 20.5. The predicted octanol–water partition coefficient (Wildman–Crippen LogP) is 1.78. The van der Waals surface area contributed by atoms with Crippen LogP contribution in [0.3, 0.4) is 0 Å². The van der Waals surface area contributed by atoms with Crippen LogP contribution in [0.2, 0.25) is 0 Å². The lowest BCUT2D eigenvalue weighted by Gasteiger charge is -2.42. The molecule has 1 aliphatic rings. The molecule has 1 aromatic carbocycles. The highest BCUT2D eigenvalue weighted by Crippen LogP contribution is 2.36. The number of hydrogen-bond acceptors (Lipinski definition) is 4. The Morgan fingerprint density at radius 3 is 2.72 bits per heavy atom. The molecule has 25 heavy (non-hydrogen) atoms. The molecule has 2 heterocycles. The number of β-amino-alcohol motifs (C(OH)–C–C–N with tert-alkyl or cyclic N) is 1. The molecule has 6 nitrogen and oxygen atoms in total. The maximum absolute atomic E-state index is 12.0. The molecule has 3 rings (SSSR count). The van der Waals surface area contributed by atoms with E-state index in [0.717, 1.165) is 17.8 Å². The van der Waals surface area contributed by atoms with E-state index in [4.69, 9.17) is 0 Å². The van der Waals surface area contributed by atoms with E-state index in [2.05, 4.69) is 16.8 Å². The maximum Gasteiger partial charge on any atom is 0.312 e. The van der Waals surface area contributed by atoms with Gasteiger partial charge in [-0.3, -0.25) is 9.69 Å². The second-order valence-electron chi connectivity index (χ2n) is 6.82. The zero-order valence-corrected chi connectivity index (χ0v) is 14.5. The van der Waals surface area contributed by atoms with Crippen molar-refractivity contribution in [2.24, 2.45) is 5.41 Å². The number of benzene rings is 1. The van der Waals surface area contributed by atoms with Crippen molar-refractivity contribution >= 4 is 5.97 Å². The summed E-state index contributed by atoms with van der Waals surface area (Å²) in [6.07, 6.45) is 3.66. The molecule has 0 unspecified atom stereocenters. The Labute approximate surface area is 147 Å². The van der Waals surface area contributed by atoms with E-state index in [1.165, 1.54) is 0 Å². The maximum atomic E-state index is 12.0. The number of aliphatic hydroxyl groups is 1. The van der Waals surface area contributed by atoms with E-state index in [0.29, 0.717) is 32.5 Å². The lowest BCUT2D eigenvalue weighted by atomic mass is 9.71. The Balaban J connectivity index is 1.70. The van der Waals surface area contributed by atoms with Gasteiger partial charge in [0.05, 0.1) is 18.1 Å². The van der Waals surface area contributed by atoms with Gasteiger partial charge in [-0.1, -0.05) is 30.3 Å². The molecule has 0 amide bonds. The van der Waals surface area contributed by atoms with Gasteiger partial charge in [0.1, 0.15) is 5.41 Å². The largest absolute Gasteiger partial charge is 0.481 e. The van der Waals surface area contributed by atoms with Gasteiger partial charge in [-0.25, -0.2) is 4.98 Å². The average Bonchev–Trinajstić information content (AvgIpc) is 3.06. The number of imidazole rings is 1. The molecule has 2 atom stereocenters. The van der Waals surface area contributed by atoms with Gasteiger partial charge < -0.3 is 14.8 Å². The number of carboxylic acid groups (broad SMARTS) is 1. The Hall–Kier alpha value is -2.18. The highest BCUT2D eigenvalue weighted by molar-refractivity contribution is 5.76. The van der Waals surface area contributed by atoms with Crippen LogP contribution < -0.4 is 0 Å². The van der Waals surface area contributed by atoms with Crippen molar-refractivity contribution in [3.63, 3.8) is 0 Å². The summed E-state index contributed by atoms with van der Waals surface area (Å²) in [5.74, 6) is -0.918. The molecule has 0 radical (unpaired) electrons. The molecule has 2 aromatic rings. The molecule has 1 fully saturated rings. The summed E-state index contributed by atoms with van der Waals surface area (Å²) < 4.78 is 2.01. The first-order chi connectivity index (χ1) is 12.0. The number of piperidine rings is 1. The third-order valence-electron chi connectivity index (χ3n) is 5.17. The highest BCUT2D eigenvalue weighted by atomic mass is 16.4. The Kier molecular flexibility index (Phi) is 5.20. The zero-order chi connectivity index (χ0) is 17.9. The minimum Gasteiger partial charge on any atom is -0.481 e. The van der Waals surface area contributed by atoms with Crippen LogP contribution in [-0.2, 0) is 24.3 Å². The van der Waals surface area contributed by atoms with E-state index in [-0.39, 0.29) is 0 Å². The van der Waals surface area contributed by atoms with E-state index in [1.807, 2.05) is 41.1 Å².